The van der Waals surface area contributed by atoms with Crippen LogP contribution in [-0.4, -0.2) is 36.3 Å². The predicted molar refractivity (Wildman–Crippen MR) is 83.1 cm³/mol. The van der Waals surface area contributed by atoms with Crippen LogP contribution in [-0.2, 0) is 11.3 Å². The summed E-state index contributed by atoms with van der Waals surface area (Å²) in [5.74, 6) is 0. The molecule has 1 saturated heterocycles. The third-order valence-corrected chi connectivity index (χ3v) is 3.62. The van der Waals surface area contributed by atoms with E-state index in [-0.39, 0.29) is 5.54 Å². The lowest BCUT2D eigenvalue weighted by atomic mass is 10.1. The van der Waals surface area contributed by atoms with E-state index in [4.69, 9.17) is 4.74 Å². The van der Waals surface area contributed by atoms with E-state index in [9.17, 15) is 0 Å². The number of hydrogen-bond acceptors (Lipinski definition) is 4. The molecule has 112 valence electrons. The average Bonchev–Trinajstić information content (AvgIpc) is 2.45. The maximum absolute atomic E-state index is 5.76. The largest absolute Gasteiger partial charge is 0.375 e. The van der Waals surface area contributed by atoms with Crippen LogP contribution >= 0.6 is 0 Å². The molecule has 0 aromatic carbocycles. The van der Waals surface area contributed by atoms with Gasteiger partial charge in [0.2, 0.25) is 0 Å². The van der Waals surface area contributed by atoms with Crippen molar-refractivity contribution in [3.63, 3.8) is 0 Å². The van der Waals surface area contributed by atoms with Gasteiger partial charge in [-0.05, 0) is 33.3 Å². The third kappa shape index (κ3) is 4.18. The molecule has 20 heavy (non-hydrogen) atoms. The third-order valence-electron chi connectivity index (χ3n) is 3.62. The summed E-state index contributed by atoms with van der Waals surface area (Å²) in [6.07, 6.45) is 5.27. The first kappa shape index (κ1) is 15.3. The molecular formula is C16H27N3O. The van der Waals surface area contributed by atoms with Gasteiger partial charge in [0, 0.05) is 48.8 Å². The second-order valence-electron chi connectivity index (χ2n) is 6.46. The Morgan fingerprint density at radius 2 is 2.25 bits per heavy atom. The first-order valence-electron chi connectivity index (χ1n) is 7.54. The molecule has 0 radical (unpaired) electrons. The normalized spacial score (nSPS) is 20.2. The topological polar surface area (TPSA) is 37.4 Å². The van der Waals surface area contributed by atoms with E-state index in [0.717, 1.165) is 32.7 Å². The summed E-state index contributed by atoms with van der Waals surface area (Å²) in [4.78, 5) is 6.71. The lowest BCUT2D eigenvalue weighted by molar-refractivity contribution is 0.0383. The fourth-order valence-electron chi connectivity index (χ4n) is 2.41. The number of morpholine rings is 1. The molecule has 2 heterocycles. The Hall–Kier alpha value is -1.13. The Kier molecular flexibility index (Phi) is 5.00. The molecule has 4 heteroatoms. The Labute approximate surface area is 122 Å². The lowest BCUT2D eigenvalue weighted by Gasteiger charge is -2.35. The zero-order valence-corrected chi connectivity index (χ0v) is 13.1. The van der Waals surface area contributed by atoms with E-state index in [1.807, 2.05) is 12.4 Å². The zero-order valence-electron chi connectivity index (χ0n) is 13.1. The summed E-state index contributed by atoms with van der Waals surface area (Å²) in [6.45, 7) is 12.3. The van der Waals surface area contributed by atoms with Crippen molar-refractivity contribution in [3.05, 3.63) is 24.0 Å². The molecule has 0 bridgehead atoms. The highest BCUT2D eigenvalue weighted by Gasteiger charge is 2.21. The van der Waals surface area contributed by atoms with E-state index in [1.165, 1.54) is 11.3 Å². The van der Waals surface area contributed by atoms with Crippen LogP contribution in [0.3, 0.4) is 0 Å². The fraction of sp³-hybridized carbons (Fsp3) is 0.688. The number of hydrogen-bond donors (Lipinski definition) is 1. The number of ether oxygens (including phenoxy) is 1. The van der Waals surface area contributed by atoms with E-state index in [0.29, 0.717) is 6.10 Å². The highest BCUT2D eigenvalue weighted by molar-refractivity contribution is 5.52. The number of anilines is 1. The van der Waals surface area contributed by atoms with Crippen molar-refractivity contribution in [2.75, 3.05) is 24.6 Å². The van der Waals surface area contributed by atoms with Gasteiger partial charge in [0.05, 0.1) is 12.7 Å². The first-order valence-corrected chi connectivity index (χ1v) is 7.54. The molecule has 0 saturated carbocycles. The highest BCUT2D eigenvalue weighted by Crippen LogP contribution is 2.23. The zero-order chi connectivity index (χ0) is 14.6. The van der Waals surface area contributed by atoms with Crippen molar-refractivity contribution in [1.82, 2.24) is 10.3 Å². The standard InChI is InChI=1S/C16H27N3O/c1-5-14-12-19(8-9-20-14)15-6-7-17-10-13(15)11-18-16(2,3)4/h6-7,10,14,18H,5,8-9,11-12H2,1-4H3. The van der Waals surface area contributed by atoms with Gasteiger partial charge in [0.1, 0.15) is 0 Å². The number of nitrogens with zero attached hydrogens (tertiary/aromatic N) is 2. The SMILES string of the molecule is CCC1CN(c2ccncc2CNC(C)(C)C)CCO1. The molecule has 0 spiro atoms. The van der Waals surface area contributed by atoms with Gasteiger partial charge in [-0.1, -0.05) is 6.92 Å². The second kappa shape index (κ2) is 6.55. The van der Waals surface area contributed by atoms with Gasteiger partial charge < -0.3 is 15.0 Å². The maximum Gasteiger partial charge on any atom is 0.0748 e. The van der Waals surface area contributed by atoms with Crippen LogP contribution in [0.2, 0.25) is 0 Å². The quantitative estimate of drug-likeness (QED) is 0.918. The summed E-state index contributed by atoms with van der Waals surface area (Å²) in [5, 5.41) is 3.54. The van der Waals surface area contributed by atoms with Crippen LogP contribution in [0, 0.1) is 0 Å². The molecule has 2 rings (SSSR count). The van der Waals surface area contributed by atoms with Crippen LogP contribution in [0.15, 0.2) is 18.5 Å². The van der Waals surface area contributed by atoms with Crippen LogP contribution < -0.4 is 10.2 Å². The van der Waals surface area contributed by atoms with E-state index in [1.54, 1.807) is 0 Å². The minimum absolute atomic E-state index is 0.115. The van der Waals surface area contributed by atoms with Gasteiger partial charge >= 0.3 is 0 Å². The summed E-state index contributed by atoms with van der Waals surface area (Å²) in [5.41, 5.74) is 2.67. The Morgan fingerprint density at radius 1 is 1.45 bits per heavy atom. The van der Waals surface area contributed by atoms with Crippen molar-refractivity contribution < 1.29 is 4.74 Å². The van der Waals surface area contributed by atoms with Gasteiger partial charge in [-0.15, -0.1) is 0 Å². The molecule has 1 unspecified atom stereocenters. The predicted octanol–water partition coefficient (Wildman–Crippen LogP) is 2.58. The smallest absolute Gasteiger partial charge is 0.0748 e. The summed E-state index contributed by atoms with van der Waals surface area (Å²) in [7, 11) is 0. The number of aromatic nitrogens is 1. The Morgan fingerprint density at radius 3 is 2.95 bits per heavy atom. The molecule has 1 aromatic heterocycles. The van der Waals surface area contributed by atoms with E-state index < -0.39 is 0 Å². The summed E-state index contributed by atoms with van der Waals surface area (Å²) < 4.78 is 5.76. The van der Waals surface area contributed by atoms with Gasteiger partial charge in [-0.2, -0.15) is 0 Å². The second-order valence-corrected chi connectivity index (χ2v) is 6.46. The van der Waals surface area contributed by atoms with Crippen molar-refractivity contribution in [2.45, 2.75) is 52.3 Å². The van der Waals surface area contributed by atoms with E-state index >= 15 is 0 Å². The molecule has 1 aromatic rings. The molecule has 1 aliphatic heterocycles. The average molecular weight is 277 g/mol. The molecule has 0 amide bonds. The van der Waals surface area contributed by atoms with Crippen molar-refractivity contribution in [1.29, 1.82) is 0 Å². The molecule has 1 aliphatic rings. The molecule has 1 atom stereocenters. The van der Waals surface area contributed by atoms with Crippen LogP contribution in [0.25, 0.3) is 0 Å². The summed E-state index contributed by atoms with van der Waals surface area (Å²) in [6, 6.07) is 2.12. The molecule has 1 fully saturated rings. The highest BCUT2D eigenvalue weighted by atomic mass is 16.5. The van der Waals surface area contributed by atoms with E-state index in [2.05, 4.69) is 49.0 Å². The van der Waals surface area contributed by atoms with Gasteiger partial charge in [-0.25, -0.2) is 0 Å². The van der Waals surface area contributed by atoms with Crippen molar-refractivity contribution in [2.24, 2.45) is 0 Å². The van der Waals surface area contributed by atoms with Crippen molar-refractivity contribution >= 4 is 5.69 Å². The Balaban J connectivity index is 2.10. The fourth-order valence-corrected chi connectivity index (χ4v) is 2.41. The first-order chi connectivity index (χ1) is 9.49. The minimum Gasteiger partial charge on any atom is -0.375 e. The molecule has 1 N–H and O–H groups in total. The number of pyridine rings is 1. The number of rotatable bonds is 4. The van der Waals surface area contributed by atoms with Crippen molar-refractivity contribution in [3.8, 4) is 0 Å². The molecule has 0 aliphatic carbocycles. The number of nitrogens with one attached hydrogen (secondary N) is 1. The van der Waals surface area contributed by atoms with Gasteiger partial charge in [0.25, 0.3) is 0 Å². The lowest BCUT2D eigenvalue weighted by Crippen LogP contribution is -2.43. The molecular weight excluding hydrogens is 250 g/mol. The monoisotopic (exact) mass is 277 g/mol. The Bertz CT molecular complexity index is 428. The van der Waals surface area contributed by atoms with Crippen LogP contribution in [0.4, 0.5) is 5.69 Å². The maximum atomic E-state index is 5.76. The molecule has 4 nitrogen and oxygen atoms in total. The van der Waals surface area contributed by atoms with Gasteiger partial charge in [0.15, 0.2) is 0 Å². The summed E-state index contributed by atoms with van der Waals surface area (Å²) >= 11 is 0. The van der Waals surface area contributed by atoms with Crippen LogP contribution in [0.1, 0.15) is 39.7 Å². The minimum atomic E-state index is 0.115. The van der Waals surface area contributed by atoms with Crippen LogP contribution in [0.5, 0.6) is 0 Å². The van der Waals surface area contributed by atoms with Gasteiger partial charge in [-0.3, -0.25) is 4.98 Å².